The SMILES string of the molecule is Cl.N[C@H](CO)c1ccc(O)c(O)c1. The molecule has 0 saturated heterocycles. The number of hydrogen-bond donors (Lipinski definition) is 4. The number of phenols is 2. The molecule has 1 rings (SSSR count). The van der Waals surface area contributed by atoms with Crippen LogP contribution < -0.4 is 5.73 Å². The fourth-order valence-electron chi connectivity index (χ4n) is 0.877. The molecule has 0 unspecified atom stereocenters. The Bertz CT molecular complexity index is 280. The summed E-state index contributed by atoms with van der Waals surface area (Å²) in [6.07, 6.45) is 0. The zero-order valence-corrected chi connectivity index (χ0v) is 7.66. The summed E-state index contributed by atoms with van der Waals surface area (Å²) < 4.78 is 0. The Hall–Kier alpha value is -0.970. The predicted octanol–water partition coefficient (Wildman–Crippen LogP) is 0.512. The van der Waals surface area contributed by atoms with E-state index < -0.39 is 6.04 Å². The van der Waals surface area contributed by atoms with Crippen LogP contribution in [0.5, 0.6) is 11.5 Å². The van der Waals surface area contributed by atoms with Gasteiger partial charge in [0.25, 0.3) is 0 Å². The van der Waals surface area contributed by atoms with Gasteiger partial charge in [-0.15, -0.1) is 12.4 Å². The molecule has 1 atom stereocenters. The molecule has 74 valence electrons. The molecular weight excluding hydrogens is 194 g/mol. The first kappa shape index (κ1) is 12.0. The van der Waals surface area contributed by atoms with Gasteiger partial charge in [-0.25, -0.2) is 0 Å². The molecule has 0 radical (unpaired) electrons. The lowest BCUT2D eigenvalue weighted by atomic mass is 10.1. The Labute approximate surface area is 82.0 Å². The van der Waals surface area contributed by atoms with Crippen molar-refractivity contribution < 1.29 is 15.3 Å². The van der Waals surface area contributed by atoms with E-state index in [0.717, 1.165) is 0 Å². The summed E-state index contributed by atoms with van der Waals surface area (Å²) >= 11 is 0. The minimum Gasteiger partial charge on any atom is -0.504 e. The van der Waals surface area contributed by atoms with Crippen LogP contribution in [0.2, 0.25) is 0 Å². The number of phenolic OH excluding ortho intramolecular Hbond substituents is 2. The number of rotatable bonds is 2. The number of halogens is 1. The van der Waals surface area contributed by atoms with Crippen LogP contribution in [-0.4, -0.2) is 21.9 Å². The van der Waals surface area contributed by atoms with E-state index in [9.17, 15) is 0 Å². The van der Waals surface area contributed by atoms with E-state index in [2.05, 4.69) is 0 Å². The summed E-state index contributed by atoms with van der Waals surface area (Å²) in [5, 5.41) is 26.7. The average Bonchev–Trinajstić information content (AvgIpc) is 2.08. The van der Waals surface area contributed by atoms with E-state index in [0.29, 0.717) is 5.56 Å². The van der Waals surface area contributed by atoms with E-state index in [1.165, 1.54) is 12.1 Å². The summed E-state index contributed by atoms with van der Waals surface area (Å²) in [5.74, 6) is -0.416. The predicted molar refractivity (Wildman–Crippen MR) is 51.0 cm³/mol. The summed E-state index contributed by atoms with van der Waals surface area (Å²) in [4.78, 5) is 0. The highest BCUT2D eigenvalue weighted by molar-refractivity contribution is 5.85. The van der Waals surface area contributed by atoms with Gasteiger partial charge in [0, 0.05) is 0 Å². The van der Waals surface area contributed by atoms with E-state index in [1.807, 2.05) is 0 Å². The Morgan fingerprint density at radius 3 is 2.31 bits per heavy atom. The normalized spacial score (nSPS) is 11.8. The Morgan fingerprint density at radius 1 is 1.23 bits per heavy atom. The van der Waals surface area contributed by atoms with Gasteiger partial charge in [-0.1, -0.05) is 6.07 Å². The van der Waals surface area contributed by atoms with Crippen molar-refractivity contribution in [1.82, 2.24) is 0 Å². The fraction of sp³-hybridized carbons (Fsp3) is 0.250. The van der Waals surface area contributed by atoms with Gasteiger partial charge in [-0.05, 0) is 17.7 Å². The van der Waals surface area contributed by atoms with Crippen LogP contribution in [0.15, 0.2) is 18.2 Å². The second kappa shape index (κ2) is 4.91. The maximum atomic E-state index is 9.06. The highest BCUT2D eigenvalue weighted by atomic mass is 35.5. The highest BCUT2D eigenvalue weighted by Gasteiger charge is 2.06. The third-order valence-corrected chi connectivity index (χ3v) is 1.62. The number of hydrogen-bond acceptors (Lipinski definition) is 4. The monoisotopic (exact) mass is 205 g/mol. The molecule has 0 aliphatic carbocycles. The van der Waals surface area contributed by atoms with Crippen LogP contribution >= 0.6 is 12.4 Å². The van der Waals surface area contributed by atoms with Gasteiger partial charge in [0.15, 0.2) is 11.5 Å². The average molecular weight is 206 g/mol. The maximum absolute atomic E-state index is 9.06. The Morgan fingerprint density at radius 2 is 1.85 bits per heavy atom. The van der Waals surface area contributed by atoms with Crippen molar-refractivity contribution in [3.8, 4) is 11.5 Å². The number of nitrogens with two attached hydrogens (primary N) is 1. The molecule has 5 heteroatoms. The van der Waals surface area contributed by atoms with Crippen LogP contribution in [0.25, 0.3) is 0 Å². The number of benzene rings is 1. The van der Waals surface area contributed by atoms with Crippen LogP contribution in [-0.2, 0) is 0 Å². The topological polar surface area (TPSA) is 86.7 Å². The zero-order chi connectivity index (χ0) is 9.14. The largest absolute Gasteiger partial charge is 0.504 e. The second-order valence-corrected chi connectivity index (χ2v) is 2.54. The molecule has 4 nitrogen and oxygen atoms in total. The van der Waals surface area contributed by atoms with Crippen molar-refractivity contribution in [3.05, 3.63) is 23.8 Å². The van der Waals surface area contributed by atoms with Gasteiger partial charge in [0.2, 0.25) is 0 Å². The first-order chi connectivity index (χ1) is 5.65. The van der Waals surface area contributed by atoms with E-state index >= 15 is 0 Å². The third-order valence-electron chi connectivity index (χ3n) is 1.62. The summed E-state index contributed by atoms with van der Waals surface area (Å²) in [6.45, 7) is -0.190. The van der Waals surface area contributed by atoms with Gasteiger partial charge in [0.05, 0.1) is 12.6 Å². The molecule has 0 heterocycles. The lowest BCUT2D eigenvalue weighted by Gasteiger charge is -2.08. The Balaban J connectivity index is 0.00000144. The minimum absolute atomic E-state index is 0. The number of aromatic hydroxyl groups is 2. The van der Waals surface area contributed by atoms with Gasteiger partial charge >= 0.3 is 0 Å². The van der Waals surface area contributed by atoms with Crippen molar-refractivity contribution in [2.75, 3.05) is 6.61 Å². The number of aliphatic hydroxyl groups excluding tert-OH is 1. The van der Waals surface area contributed by atoms with E-state index in [4.69, 9.17) is 21.1 Å². The molecule has 0 aliphatic rings. The van der Waals surface area contributed by atoms with Crippen molar-refractivity contribution >= 4 is 12.4 Å². The van der Waals surface area contributed by atoms with Gasteiger partial charge in [-0.3, -0.25) is 0 Å². The molecule has 0 aliphatic heterocycles. The van der Waals surface area contributed by atoms with Crippen molar-refractivity contribution in [2.24, 2.45) is 5.73 Å². The first-order valence-electron chi connectivity index (χ1n) is 3.53. The summed E-state index contributed by atoms with van der Waals surface area (Å²) in [5.41, 5.74) is 6.06. The Kier molecular flexibility index (Phi) is 4.55. The van der Waals surface area contributed by atoms with Crippen molar-refractivity contribution in [3.63, 3.8) is 0 Å². The smallest absolute Gasteiger partial charge is 0.157 e. The molecule has 1 aromatic carbocycles. The maximum Gasteiger partial charge on any atom is 0.157 e. The molecular formula is C8H12ClNO3. The second-order valence-electron chi connectivity index (χ2n) is 2.54. The zero-order valence-electron chi connectivity index (χ0n) is 6.84. The lowest BCUT2D eigenvalue weighted by Crippen LogP contribution is -2.13. The summed E-state index contributed by atoms with van der Waals surface area (Å²) in [7, 11) is 0. The standard InChI is InChI=1S/C8H11NO3.ClH/c9-6(4-10)5-1-2-7(11)8(12)3-5;/h1-3,6,10-12H,4,9H2;1H/t6-;/m1./s1. The minimum atomic E-state index is -0.517. The van der Waals surface area contributed by atoms with Crippen molar-refractivity contribution in [2.45, 2.75) is 6.04 Å². The molecule has 5 N–H and O–H groups in total. The fourth-order valence-corrected chi connectivity index (χ4v) is 0.877. The molecule has 1 aromatic rings. The lowest BCUT2D eigenvalue weighted by molar-refractivity contribution is 0.267. The molecule has 0 amide bonds. The van der Waals surface area contributed by atoms with E-state index in [-0.39, 0.29) is 30.5 Å². The van der Waals surface area contributed by atoms with Gasteiger partial charge in [0.1, 0.15) is 0 Å². The third kappa shape index (κ3) is 2.77. The molecule has 0 bridgehead atoms. The first-order valence-corrected chi connectivity index (χ1v) is 3.53. The molecule has 0 aromatic heterocycles. The molecule has 0 fully saturated rings. The van der Waals surface area contributed by atoms with Crippen LogP contribution in [0.3, 0.4) is 0 Å². The van der Waals surface area contributed by atoms with Gasteiger partial charge in [-0.2, -0.15) is 0 Å². The van der Waals surface area contributed by atoms with Crippen molar-refractivity contribution in [1.29, 1.82) is 0 Å². The molecule has 0 saturated carbocycles. The van der Waals surface area contributed by atoms with Crippen LogP contribution in [0, 0.1) is 0 Å². The molecule has 13 heavy (non-hydrogen) atoms. The van der Waals surface area contributed by atoms with E-state index in [1.54, 1.807) is 6.07 Å². The number of aliphatic hydroxyl groups is 1. The van der Waals surface area contributed by atoms with Gasteiger partial charge < -0.3 is 21.1 Å². The highest BCUT2D eigenvalue weighted by Crippen LogP contribution is 2.26. The quantitative estimate of drug-likeness (QED) is 0.530. The van der Waals surface area contributed by atoms with Crippen LogP contribution in [0.1, 0.15) is 11.6 Å². The van der Waals surface area contributed by atoms with Crippen LogP contribution in [0.4, 0.5) is 0 Å². The molecule has 0 spiro atoms. The summed E-state index contributed by atoms with van der Waals surface area (Å²) in [6, 6.07) is 3.70.